The first-order valence-corrected chi connectivity index (χ1v) is 9.82. The molecular formula is C14H18BrClN2O2S. The van der Waals surface area contributed by atoms with Crippen LogP contribution in [0.4, 0.5) is 0 Å². The third-order valence-electron chi connectivity index (χ3n) is 4.33. The Morgan fingerprint density at radius 3 is 2.86 bits per heavy atom. The number of fused-ring (bicyclic) bond motifs is 1. The number of sulfonamides is 1. The lowest BCUT2D eigenvalue weighted by Crippen LogP contribution is -2.47. The van der Waals surface area contributed by atoms with E-state index in [1.807, 2.05) is 0 Å². The molecule has 1 aromatic carbocycles. The number of halogens is 2. The Labute approximate surface area is 139 Å². The molecular weight excluding hydrogens is 376 g/mol. The van der Waals surface area contributed by atoms with Crippen LogP contribution < -0.4 is 4.72 Å². The molecule has 2 atom stereocenters. The second kappa shape index (κ2) is 6.16. The summed E-state index contributed by atoms with van der Waals surface area (Å²) in [5, 5.41) is 0.246. The van der Waals surface area contributed by atoms with Crippen molar-refractivity contribution < 1.29 is 8.42 Å². The highest BCUT2D eigenvalue weighted by molar-refractivity contribution is 9.10. The molecule has 0 spiro atoms. The van der Waals surface area contributed by atoms with E-state index < -0.39 is 10.0 Å². The van der Waals surface area contributed by atoms with Crippen LogP contribution in [0.15, 0.2) is 27.6 Å². The molecule has 1 N–H and O–H groups in total. The van der Waals surface area contributed by atoms with Crippen LogP contribution in [0.2, 0.25) is 5.02 Å². The van der Waals surface area contributed by atoms with Crippen molar-refractivity contribution in [3.8, 4) is 0 Å². The van der Waals surface area contributed by atoms with Gasteiger partial charge in [-0.3, -0.25) is 0 Å². The third-order valence-corrected chi connectivity index (χ3v) is 6.82. The van der Waals surface area contributed by atoms with Gasteiger partial charge in [0.2, 0.25) is 10.0 Å². The molecule has 2 aliphatic heterocycles. The zero-order valence-electron chi connectivity index (χ0n) is 11.6. The average molecular weight is 394 g/mol. The number of piperidine rings is 1. The predicted octanol–water partition coefficient (Wildman–Crippen LogP) is 3.01. The Hall–Kier alpha value is -0.140. The van der Waals surface area contributed by atoms with Gasteiger partial charge in [-0.2, -0.15) is 0 Å². The van der Waals surface area contributed by atoms with Gasteiger partial charge in [-0.25, -0.2) is 13.1 Å². The summed E-state index contributed by atoms with van der Waals surface area (Å²) in [6, 6.07) is 5.38. The van der Waals surface area contributed by atoms with E-state index in [4.69, 9.17) is 11.6 Å². The summed E-state index contributed by atoms with van der Waals surface area (Å²) in [5.74, 6) is 0. The third kappa shape index (κ3) is 3.45. The van der Waals surface area contributed by atoms with E-state index in [1.165, 1.54) is 12.8 Å². The molecule has 0 aromatic heterocycles. The zero-order valence-corrected chi connectivity index (χ0v) is 14.7. The van der Waals surface area contributed by atoms with Crippen LogP contribution in [0.25, 0.3) is 0 Å². The highest BCUT2D eigenvalue weighted by Gasteiger charge is 2.33. The lowest BCUT2D eigenvalue weighted by atomic mass is 9.99. The number of rotatable bonds is 3. The van der Waals surface area contributed by atoms with Crippen molar-refractivity contribution in [2.24, 2.45) is 0 Å². The molecule has 21 heavy (non-hydrogen) atoms. The highest BCUT2D eigenvalue weighted by atomic mass is 79.9. The van der Waals surface area contributed by atoms with Gasteiger partial charge in [0, 0.05) is 16.6 Å². The molecule has 2 fully saturated rings. The molecule has 116 valence electrons. The number of hydrogen-bond donors (Lipinski definition) is 1. The van der Waals surface area contributed by atoms with Crippen LogP contribution in [0, 0.1) is 0 Å². The second-order valence-electron chi connectivity index (χ2n) is 5.75. The van der Waals surface area contributed by atoms with Crippen LogP contribution in [-0.4, -0.2) is 38.5 Å². The molecule has 2 saturated heterocycles. The number of hydrogen-bond acceptors (Lipinski definition) is 3. The van der Waals surface area contributed by atoms with Crippen molar-refractivity contribution in [2.75, 3.05) is 13.1 Å². The van der Waals surface area contributed by atoms with Crippen molar-refractivity contribution in [2.45, 2.75) is 42.7 Å². The molecule has 0 saturated carbocycles. The minimum Gasteiger partial charge on any atom is -0.300 e. The van der Waals surface area contributed by atoms with E-state index in [2.05, 4.69) is 25.6 Å². The summed E-state index contributed by atoms with van der Waals surface area (Å²) in [6.45, 7) is 2.13. The second-order valence-corrected chi connectivity index (χ2v) is 8.75. The lowest BCUT2D eigenvalue weighted by molar-refractivity contribution is 0.176. The molecule has 2 aliphatic rings. The van der Waals surface area contributed by atoms with Crippen molar-refractivity contribution >= 4 is 37.6 Å². The van der Waals surface area contributed by atoms with Crippen LogP contribution >= 0.6 is 27.5 Å². The van der Waals surface area contributed by atoms with Crippen molar-refractivity contribution in [3.63, 3.8) is 0 Å². The summed E-state index contributed by atoms with van der Waals surface area (Å²) >= 11 is 9.35. The van der Waals surface area contributed by atoms with Crippen LogP contribution in [-0.2, 0) is 10.0 Å². The molecule has 4 nitrogen and oxygen atoms in total. The molecule has 1 aromatic rings. The maximum Gasteiger partial charge on any atom is 0.242 e. The SMILES string of the molecule is O=S(=O)(NC1CCN2CCCC2C1)c1ccc(Br)cc1Cl. The van der Waals surface area contributed by atoms with Crippen LogP contribution in [0.1, 0.15) is 25.7 Å². The van der Waals surface area contributed by atoms with Gasteiger partial charge in [-0.1, -0.05) is 27.5 Å². The van der Waals surface area contributed by atoms with Gasteiger partial charge in [0.05, 0.1) is 5.02 Å². The van der Waals surface area contributed by atoms with E-state index in [0.29, 0.717) is 6.04 Å². The molecule has 0 amide bonds. The molecule has 2 heterocycles. The summed E-state index contributed by atoms with van der Waals surface area (Å²) in [6.07, 6.45) is 4.16. The molecule has 0 radical (unpaired) electrons. The van der Waals surface area contributed by atoms with Gasteiger partial charge in [0.25, 0.3) is 0 Å². The number of benzene rings is 1. The van der Waals surface area contributed by atoms with E-state index in [-0.39, 0.29) is 16.0 Å². The smallest absolute Gasteiger partial charge is 0.242 e. The van der Waals surface area contributed by atoms with E-state index in [1.54, 1.807) is 18.2 Å². The first-order valence-electron chi connectivity index (χ1n) is 7.17. The van der Waals surface area contributed by atoms with Crippen LogP contribution in [0.5, 0.6) is 0 Å². The number of nitrogens with zero attached hydrogens (tertiary/aromatic N) is 1. The standard InChI is InChI=1S/C14H18BrClN2O2S/c15-10-3-4-14(13(16)8-10)21(19,20)17-11-5-7-18-6-1-2-12(18)9-11/h3-4,8,11-12,17H,1-2,5-7,9H2. The molecule has 7 heteroatoms. The fraction of sp³-hybridized carbons (Fsp3) is 0.571. The largest absolute Gasteiger partial charge is 0.300 e. The molecule has 0 aliphatic carbocycles. The normalized spacial score (nSPS) is 26.8. The van der Waals surface area contributed by atoms with E-state index >= 15 is 0 Å². The maximum atomic E-state index is 12.5. The topological polar surface area (TPSA) is 49.4 Å². The molecule has 2 unspecified atom stereocenters. The average Bonchev–Trinajstić information content (AvgIpc) is 2.85. The summed E-state index contributed by atoms with van der Waals surface area (Å²) in [4.78, 5) is 2.62. The van der Waals surface area contributed by atoms with Gasteiger partial charge in [-0.15, -0.1) is 0 Å². The van der Waals surface area contributed by atoms with Gasteiger partial charge in [0.1, 0.15) is 4.90 Å². The van der Waals surface area contributed by atoms with Crippen molar-refractivity contribution in [1.82, 2.24) is 9.62 Å². The fourth-order valence-electron chi connectivity index (χ4n) is 3.31. The van der Waals surface area contributed by atoms with Gasteiger partial charge < -0.3 is 4.90 Å². The zero-order chi connectivity index (χ0) is 15.0. The van der Waals surface area contributed by atoms with Gasteiger partial charge in [0.15, 0.2) is 0 Å². The Morgan fingerprint density at radius 2 is 2.10 bits per heavy atom. The fourth-order valence-corrected chi connectivity index (χ4v) is 5.63. The Balaban J connectivity index is 1.74. The molecule has 3 rings (SSSR count). The summed E-state index contributed by atoms with van der Waals surface area (Å²) in [7, 11) is -3.56. The summed E-state index contributed by atoms with van der Waals surface area (Å²) < 4.78 is 28.6. The first kappa shape index (κ1) is 15.7. The minimum atomic E-state index is -3.56. The maximum absolute atomic E-state index is 12.5. The van der Waals surface area contributed by atoms with Crippen molar-refractivity contribution in [1.29, 1.82) is 0 Å². The molecule has 0 bridgehead atoms. The number of nitrogens with one attached hydrogen (secondary N) is 1. The quantitative estimate of drug-likeness (QED) is 0.859. The minimum absolute atomic E-state index is 0.00839. The predicted molar refractivity (Wildman–Crippen MR) is 87.1 cm³/mol. The highest BCUT2D eigenvalue weighted by Crippen LogP contribution is 2.29. The summed E-state index contributed by atoms with van der Waals surface area (Å²) in [5.41, 5.74) is 0. The first-order chi connectivity index (χ1) is 9.95. The van der Waals surface area contributed by atoms with Gasteiger partial charge in [-0.05, 0) is 57.0 Å². The van der Waals surface area contributed by atoms with Crippen molar-refractivity contribution in [3.05, 3.63) is 27.7 Å². The Bertz CT molecular complexity index is 638. The van der Waals surface area contributed by atoms with Crippen LogP contribution in [0.3, 0.4) is 0 Å². The van der Waals surface area contributed by atoms with E-state index in [0.717, 1.165) is 30.4 Å². The monoisotopic (exact) mass is 392 g/mol. The lowest BCUT2D eigenvalue weighted by Gasteiger charge is -2.34. The van der Waals surface area contributed by atoms with E-state index in [9.17, 15) is 8.42 Å². The Kier molecular flexibility index (Phi) is 4.62. The van der Waals surface area contributed by atoms with Gasteiger partial charge >= 0.3 is 0 Å². The Morgan fingerprint density at radius 1 is 1.29 bits per heavy atom.